The second-order valence-electron chi connectivity index (χ2n) is 3.52. The molecule has 1 aromatic rings. The van der Waals surface area contributed by atoms with E-state index in [1.54, 1.807) is 12.1 Å². The van der Waals surface area contributed by atoms with E-state index in [0.29, 0.717) is 0 Å². The number of aliphatic hydroxyl groups excluding tert-OH is 1. The molecule has 78 valence electrons. The Labute approximate surface area is 83.8 Å². The molecule has 0 heterocycles. The van der Waals surface area contributed by atoms with Gasteiger partial charge in [0.25, 0.3) is 0 Å². The van der Waals surface area contributed by atoms with Gasteiger partial charge < -0.3 is 10.4 Å². The van der Waals surface area contributed by atoms with Crippen molar-refractivity contribution in [2.75, 3.05) is 6.61 Å². The molecule has 14 heavy (non-hydrogen) atoms. The van der Waals surface area contributed by atoms with E-state index in [2.05, 4.69) is 5.32 Å². The highest BCUT2D eigenvalue weighted by Crippen LogP contribution is 2.13. The molecular weight excluding hydrogens is 181 g/mol. The highest BCUT2D eigenvalue weighted by atomic mass is 19.1. The van der Waals surface area contributed by atoms with E-state index < -0.39 is 0 Å². The van der Waals surface area contributed by atoms with Crippen LogP contribution in [-0.2, 0) is 0 Å². The van der Waals surface area contributed by atoms with Gasteiger partial charge in [-0.3, -0.25) is 0 Å². The number of nitrogens with one attached hydrogen (secondary N) is 1. The van der Waals surface area contributed by atoms with Crippen LogP contribution < -0.4 is 5.32 Å². The van der Waals surface area contributed by atoms with Gasteiger partial charge in [-0.25, -0.2) is 4.39 Å². The normalized spacial score (nSPS) is 15.1. The Balaban J connectivity index is 2.60. The van der Waals surface area contributed by atoms with Gasteiger partial charge >= 0.3 is 0 Å². The first kappa shape index (κ1) is 11.1. The number of aliphatic hydroxyl groups is 1. The van der Waals surface area contributed by atoms with Gasteiger partial charge in [0.2, 0.25) is 0 Å². The third-order valence-corrected chi connectivity index (χ3v) is 2.18. The van der Waals surface area contributed by atoms with Crippen molar-refractivity contribution in [3.8, 4) is 0 Å². The maximum atomic E-state index is 12.6. The molecule has 1 rings (SSSR count). The van der Waals surface area contributed by atoms with Gasteiger partial charge in [-0.15, -0.1) is 0 Å². The minimum atomic E-state index is -0.226. The summed E-state index contributed by atoms with van der Waals surface area (Å²) in [6.07, 6.45) is 0. The van der Waals surface area contributed by atoms with Gasteiger partial charge in [0.05, 0.1) is 6.61 Å². The lowest BCUT2D eigenvalue weighted by Crippen LogP contribution is -2.31. The Hall–Kier alpha value is -0.930. The molecule has 0 aliphatic heterocycles. The molecule has 0 saturated carbocycles. The van der Waals surface area contributed by atoms with Crippen LogP contribution in [0.25, 0.3) is 0 Å². The molecule has 0 amide bonds. The predicted octanol–water partition coefficient (Wildman–Crippen LogP) is 1.86. The summed E-state index contributed by atoms with van der Waals surface area (Å²) in [6, 6.07) is 6.55. The third kappa shape index (κ3) is 3.09. The molecule has 0 saturated heterocycles. The molecule has 0 aromatic heterocycles. The van der Waals surface area contributed by atoms with Gasteiger partial charge in [-0.05, 0) is 31.5 Å². The molecule has 0 radical (unpaired) electrons. The van der Waals surface area contributed by atoms with E-state index in [0.717, 1.165) is 5.56 Å². The summed E-state index contributed by atoms with van der Waals surface area (Å²) in [5, 5.41) is 12.0. The molecule has 2 N–H and O–H groups in total. The zero-order valence-electron chi connectivity index (χ0n) is 8.50. The van der Waals surface area contributed by atoms with Crippen molar-refractivity contribution in [2.24, 2.45) is 0 Å². The standard InChI is InChI=1S/C11H16FNO/c1-8(7-14)13-9(2)10-3-5-11(12)6-4-10/h3-6,8-9,13-14H,7H2,1-2H3/t8-,9+/m0/s1. The Morgan fingerprint density at radius 1 is 1.29 bits per heavy atom. The molecule has 2 nitrogen and oxygen atoms in total. The lowest BCUT2D eigenvalue weighted by Gasteiger charge is -2.18. The molecule has 3 heteroatoms. The van der Waals surface area contributed by atoms with Crippen LogP contribution in [0, 0.1) is 5.82 Å². The second kappa shape index (κ2) is 5.08. The maximum absolute atomic E-state index is 12.6. The quantitative estimate of drug-likeness (QED) is 0.772. The van der Waals surface area contributed by atoms with Crippen molar-refractivity contribution >= 4 is 0 Å². The van der Waals surface area contributed by atoms with Gasteiger partial charge in [0, 0.05) is 12.1 Å². The Morgan fingerprint density at radius 2 is 1.86 bits per heavy atom. The van der Waals surface area contributed by atoms with E-state index in [1.165, 1.54) is 12.1 Å². The highest BCUT2D eigenvalue weighted by molar-refractivity contribution is 5.19. The number of hydrogen-bond donors (Lipinski definition) is 2. The summed E-state index contributed by atoms with van der Waals surface area (Å²) < 4.78 is 12.6. The molecule has 0 fully saturated rings. The molecule has 2 atom stereocenters. The first-order valence-corrected chi connectivity index (χ1v) is 4.76. The van der Waals surface area contributed by atoms with Gasteiger partial charge in [0.1, 0.15) is 5.82 Å². The molecule has 0 unspecified atom stereocenters. The van der Waals surface area contributed by atoms with Gasteiger partial charge in [0.15, 0.2) is 0 Å². The van der Waals surface area contributed by atoms with Crippen LogP contribution in [0.3, 0.4) is 0 Å². The van der Waals surface area contributed by atoms with E-state index >= 15 is 0 Å². The van der Waals surface area contributed by atoms with Crippen LogP contribution in [-0.4, -0.2) is 17.8 Å². The molecule has 0 aliphatic rings. The van der Waals surface area contributed by atoms with Crippen LogP contribution in [0.1, 0.15) is 25.5 Å². The largest absolute Gasteiger partial charge is 0.395 e. The van der Waals surface area contributed by atoms with Gasteiger partial charge in [-0.1, -0.05) is 12.1 Å². The number of rotatable bonds is 4. The van der Waals surface area contributed by atoms with E-state index in [1.807, 2.05) is 13.8 Å². The van der Waals surface area contributed by atoms with Crippen LogP contribution in [0.4, 0.5) is 4.39 Å². The summed E-state index contributed by atoms with van der Waals surface area (Å²) in [5.74, 6) is -0.226. The summed E-state index contributed by atoms with van der Waals surface area (Å²) in [4.78, 5) is 0. The Kier molecular flexibility index (Phi) is 4.04. The summed E-state index contributed by atoms with van der Waals surface area (Å²) in [7, 11) is 0. The van der Waals surface area contributed by atoms with E-state index in [9.17, 15) is 4.39 Å². The summed E-state index contributed by atoms with van der Waals surface area (Å²) in [5.41, 5.74) is 1.02. The fraction of sp³-hybridized carbons (Fsp3) is 0.455. The van der Waals surface area contributed by atoms with Gasteiger partial charge in [-0.2, -0.15) is 0 Å². The lowest BCUT2D eigenvalue weighted by atomic mass is 10.1. The zero-order valence-corrected chi connectivity index (χ0v) is 8.50. The second-order valence-corrected chi connectivity index (χ2v) is 3.52. The number of benzene rings is 1. The predicted molar refractivity (Wildman–Crippen MR) is 54.5 cm³/mol. The fourth-order valence-corrected chi connectivity index (χ4v) is 1.33. The SMILES string of the molecule is C[C@@H](CO)N[C@H](C)c1ccc(F)cc1. The summed E-state index contributed by atoms with van der Waals surface area (Å²) >= 11 is 0. The van der Waals surface area contributed by atoms with Crippen molar-refractivity contribution in [3.05, 3.63) is 35.6 Å². The lowest BCUT2D eigenvalue weighted by molar-refractivity contribution is 0.243. The van der Waals surface area contributed by atoms with E-state index in [4.69, 9.17) is 5.11 Å². The van der Waals surface area contributed by atoms with Crippen LogP contribution >= 0.6 is 0 Å². The zero-order chi connectivity index (χ0) is 10.6. The molecule has 0 spiro atoms. The van der Waals surface area contributed by atoms with Crippen LogP contribution in [0.15, 0.2) is 24.3 Å². The third-order valence-electron chi connectivity index (χ3n) is 2.18. The van der Waals surface area contributed by atoms with E-state index in [-0.39, 0.29) is 24.5 Å². The topological polar surface area (TPSA) is 32.3 Å². The number of halogens is 1. The molecule has 1 aromatic carbocycles. The van der Waals surface area contributed by atoms with Crippen molar-refractivity contribution in [1.82, 2.24) is 5.32 Å². The number of hydrogen-bond acceptors (Lipinski definition) is 2. The molecule has 0 aliphatic carbocycles. The fourth-order valence-electron chi connectivity index (χ4n) is 1.33. The monoisotopic (exact) mass is 197 g/mol. The highest BCUT2D eigenvalue weighted by Gasteiger charge is 2.07. The minimum absolute atomic E-state index is 0.0510. The Morgan fingerprint density at radius 3 is 2.36 bits per heavy atom. The first-order chi connectivity index (χ1) is 6.63. The minimum Gasteiger partial charge on any atom is -0.395 e. The first-order valence-electron chi connectivity index (χ1n) is 4.76. The van der Waals surface area contributed by atoms with Crippen LogP contribution in [0.2, 0.25) is 0 Å². The van der Waals surface area contributed by atoms with Crippen molar-refractivity contribution in [2.45, 2.75) is 25.9 Å². The Bertz CT molecular complexity index is 273. The van der Waals surface area contributed by atoms with Crippen LogP contribution in [0.5, 0.6) is 0 Å². The van der Waals surface area contributed by atoms with Crippen molar-refractivity contribution in [1.29, 1.82) is 0 Å². The summed E-state index contributed by atoms with van der Waals surface area (Å²) in [6.45, 7) is 3.99. The van der Waals surface area contributed by atoms with Crippen molar-refractivity contribution < 1.29 is 9.50 Å². The molecular formula is C11H16FNO. The average molecular weight is 197 g/mol. The molecule has 0 bridgehead atoms. The average Bonchev–Trinajstić information content (AvgIpc) is 2.18. The smallest absolute Gasteiger partial charge is 0.123 e. The maximum Gasteiger partial charge on any atom is 0.123 e. The van der Waals surface area contributed by atoms with Crippen molar-refractivity contribution in [3.63, 3.8) is 0 Å².